The summed E-state index contributed by atoms with van der Waals surface area (Å²) in [5.41, 5.74) is 1.73. The number of fused-ring (bicyclic) bond motifs is 1. The van der Waals surface area contributed by atoms with Crippen LogP contribution in [0.5, 0.6) is 0 Å². The second-order valence-electron chi connectivity index (χ2n) is 6.60. The third-order valence-corrected chi connectivity index (χ3v) is 4.60. The van der Waals surface area contributed by atoms with Crippen molar-refractivity contribution in [1.29, 1.82) is 0 Å². The van der Waals surface area contributed by atoms with Gasteiger partial charge in [-0.05, 0) is 58.0 Å². The Bertz CT molecular complexity index is 778. The summed E-state index contributed by atoms with van der Waals surface area (Å²) in [5.74, 6) is -0.210. The number of ether oxygens (including phenoxy) is 1. The van der Waals surface area contributed by atoms with Crippen LogP contribution in [-0.4, -0.2) is 59.0 Å². The molecule has 0 atom stereocenters. The number of hydrogen-bond donors (Lipinski definition) is 2. The fourth-order valence-electron chi connectivity index (χ4n) is 3.38. The van der Waals surface area contributed by atoms with Gasteiger partial charge in [0.15, 0.2) is 5.82 Å². The van der Waals surface area contributed by atoms with Crippen LogP contribution in [0.2, 0.25) is 0 Å². The lowest BCUT2D eigenvalue weighted by Gasteiger charge is -2.37. The number of nitrogens with zero attached hydrogens (tertiary/aromatic N) is 2. The van der Waals surface area contributed by atoms with Crippen molar-refractivity contribution >= 4 is 22.9 Å². The molecule has 0 spiro atoms. The number of H-pyrrole nitrogens is 1. The largest absolute Gasteiger partial charge is 0.465 e. The van der Waals surface area contributed by atoms with Crippen LogP contribution in [0.25, 0.3) is 11.0 Å². The molecule has 2 heterocycles. The van der Waals surface area contributed by atoms with E-state index in [0.717, 1.165) is 31.4 Å². The first-order valence-corrected chi connectivity index (χ1v) is 8.62. The number of carbonyl (C=O) groups is 2. The highest BCUT2D eigenvalue weighted by Gasteiger charge is 2.30. The van der Waals surface area contributed by atoms with E-state index in [9.17, 15) is 9.59 Å². The standard InChI is InChI=1S/C18H24N4O3/c1-11(2)22(13-6-8-19-9-7-13)17(23)16-20-14-5-4-12(18(24)25-3)10-15(14)21-16/h4-5,10-11,13,19H,6-9H2,1-3H3,(H,20,21). The summed E-state index contributed by atoms with van der Waals surface area (Å²) in [6.07, 6.45) is 1.88. The van der Waals surface area contributed by atoms with Gasteiger partial charge in [-0.25, -0.2) is 9.78 Å². The van der Waals surface area contributed by atoms with Crippen LogP contribution in [-0.2, 0) is 4.74 Å². The Hall–Kier alpha value is -2.41. The number of amides is 1. The quantitative estimate of drug-likeness (QED) is 0.828. The van der Waals surface area contributed by atoms with E-state index in [0.29, 0.717) is 16.9 Å². The topological polar surface area (TPSA) is 87.3 Å². The number of hydrogen-bond acceptors (Lipinski definition) is 5. The highest BCUT2D eigenvalue weighted by atomic mass is 16.5. The number of aromatic amines is 1. The number of methoxy groups -OCH3 is 1. The molecule has 0 bridgehead atoms. The maximum Gasteiger partial charge on any atom is 0.337 e. The molecule has 1 saturated heterocycles. The summed E-state index contributed by atoms with van der Waals surface area (Å²) in [4.78, 5) is 34.1. The Morgan fingerprint density at radius 3 is 2.64 bits per heavy atom. The molecule has 1 fully saturated rings. The minimum absolute atomic E-state index is 0.0921. The third kappa shape index (κ3) is 3.51. The molecule has 7 nitrogen and oxygen atoms in total. The molecule has 1 aromatic carbocycles. The maximum absolute atomic E-state index is 13.1. The van der Waals surface area contributed by atoms with Gasteiger partial charge in [0.25, 0.3) is 5.91 Å². The van der Waals surface area contributed by atoms with E-state index >= 15 is 0 Å². The predicted octanol–water partition coefficient (Wildman–Crippen LogP) is 1.95. The van der Waals surface area contributed by atoms with Crippen molar-refractivity contribution in [2.75, 3.05) is 20.2 Å². The van der Waals surface area contributed by atoms with Crippen molar-refractivity contribution < 1.29 is 14.3 Å². The molecule has 1 aliphatic rings. The average molecular weight is 344 g/mol. The van der Waals surface area contributed by atoms with E-state index in [-0.39, 0.29) is 18.0 Å². The van der Waals surface area contributed by atoms with E-state index in [1.54, 1.807) is 18.2 Å². The molecule has 2 aromatic rings. The SMILES string of the molecule is COC(=O)c1ccc2[nH]c(C(=O)N(C(C)C)C3CCNCC3)nc2c1. The highest BCUT2D eigenvalue weighted by Crippen LogP contribution is 2.20. The summed E-state index contributed by atoms with van der Waals surface area (Å²) < 4.78 is 4.73. The Morgan fingerprint density at radius 2 is 2.00 bits per heavy atom. The van der Waals surface area contributed by atoms with Crippen LogP contribution >= 0.6 is 0 Å². The zero-order chi connectivity index (χ0) is 18.0. The molecule has 1 aliphatic heterocycles. The fraction of sp³-hybridized carbons (Fsp3) is 0.500. The first-order valence-electron chi connectivity index (χ1n) is 8.62. The van der Waals surface area contributed by atoms with Crippen molar-refractivity contribution in [3.63, 3.8) is 0 Å². The molecule has 134 valence electrons. The minimum atomic E-state index is -0.420. The van der Waals surface area contributed by atoms with Crippen molar-refractivity contribution in [2.45, 2.75) is 38.8 Å². The van der Waals surface area contributed by atoms with Crippen LogP contribution < -0.4 is 5.32 Å². The molecule has 2 N–H and O–H groups in total. The van der Waals surface area contributed by atoms with Gasteiger partial charge in [0.2, 0.25) is 0 Å². The lowest BCUT2D eigenvalue weighted by Crippen LogP contribution is -2.49. The van der Waals surface area contributed by atoms with Crippen LogP contribution in [0.3, 0.4) is 0 Å². The van der Waals surface area contributed by atoms with Crippen LogP contribution in [0.1, 0.15) is 47.7 Å². The molecule has 1 amide bonds. The van der Waals surface area contributed by atoms with Crippen molar-refractivity contribution in [3.05, 3.63) is 29.6 Å². The number of benzene rings is 1. The fourth-order valence-corrected chi connectivity index (χ4v) is 3.38. The van der Waals surface area contributed by atoms with Crippen LogP contribution in [0, 0.1) is 0 Å². The lowest BCUT2D eigenvalue weighted by atomic mass is 10.0. The van der Waals surface area contributed by atoms with Gasteiger partial charge >= 0.3 is 5.97 Å². The Labute approximate surface area is 146 Å². The second kappa shape index (κ2) is 7.23. The third-order valence-electron chi connectivity index (χ3n) is 4.60. The number of nitrogens with one attached hydrogen (secondary N) is 2. The minimum Gasteiger partial charge on any atom is -0.465 e. The first kappa shape index (κ1) is 17.4. The van der Waals surface area contributed by atoms with E-state index in [2.05, 4.69) is 15.3 Å². The average Bonchev–Trinajstić information content (AvgIpc) is 3.05. The molecule has 7 heteroatoms. The van der Waals surface area contributed by atoms with Crippen molar-refractivity contribution in [1.82, 2.24) is 20.2 Å². The molecule has 1 aromatic heterocycles. The molecule has 0 aliphatic carbocycles. The Morgan fingerprint density at radius 1 is 1.28 bits per heavy atom. The number of piperidine rings is 1. The number of esters is 1. The smallest absolute Gasteiger partial charge is 0.337 e. The molecular weight excluding hydrogens is 320 g/mol. The van der Waals surface area contributed by atoms with Gasteiger partial charge in [0, 0.05) is 12.1 Å². The molecule has 0 saturated carbocycles. The van der Waals surface area contributed by atoms with Crippen molar-refractivity contribution in [3.8, 4) is 0 Å². The number of rotatable bonds is 4. The van der Waals surface area contributed by atoms with Gasteiger partial charge in [-0.2, -0.15) is 0 Å². The number of imidazole rings is 1. The zero-order valence-corrected chi connectivity index (χ0v) is 14.8. The van der Waals surface area contributed by atoms with E-state index in [1.165, 1.54) is 7.11 Å². The van der Waals surface area contributed by atoms with E-state index in [1.807, 2.05) is 18.7 Å². The molecular formula is C18H24N4O3. The van der Waals surface area contributed by atoms with Gasteiger partial charge in [0.05, 0.1) is 23.7 Å². The van der Waals surface area contributed by atoms with Gasteiger partial charge in [-0.1, -0.05) is 0 Å². The van der Waals surface area contributed by atoms with Crippen molar-refractivity contribution in [2.24, 2.45) is 0 Å². The van der Waals surface area contributed by atoms with E-state index < -0.39 is 5.97 Å². The zero-order valence-electron chi connectivity index (χ0n) is 14.8. The molecule has 25 heavy (non-hydrogen) atoms. The van der Waals surface area contributed by atoms with Crippen LogP contribution in [0.15, 0.2) is 18.2 Å². The number of carbonyl (C=O) groups excluding carboxylic acids is 2. The van der Waals surface area contributed by atoms with Gasteiger partial charge in [-0.3, -0.25) is 4.79 Å². The molecule has 0 unspecified atom stereocenters. The van der Waals surface area contributed by atoms with Gasteiger partial charge in [-0.15, -0.1) is 0 Å². The molecule has 3 rings (SSSR count). The monoisotopic (exact) mass is 344 g/mol. The van der Waals surface area contributed by atoms with E-state index in [4.69, 9.17) is 4.74 Å². The summed E-state index contributed by atoms with van der Waals surface area (Å²) in [6, 6.07) is 5.35. The summed E-state index contributed by atoms with van der Waals surface area (Å²) in [7, 11) is 1.34. The summed E-state index contributed by atoms with van der Waals surface area (Å²) in [5, 5.41) is 3.33. The predicted molar refractivity (Wildman–Crippen MR) is 94.6 cm³/mol. The maximum atomic E-state index is 13.1. The Kier molecular flexibility index (Phi) is 5.03. The van der Waals surface area contributed by atoms with Gasteiger partial charge < -0.3 is 19.9 Å². The Balaban J connectivity index is 1.90. The van der Waals surface area contributed by atoms with Gasteiger partial charge in [0.1, 0.15) is 0 Å². The summed E-state index contributed by atoms with van der Waals surface area (Å²) in [6.45, 7) is 5.89. The second-order valence-corrected chi connectivity index (χ2v) is 6.60. The summed E-state index contributed by atoms with van der Waals surface area (Å²) >= 11 is 0. The van der Waals surface area contributed by atoms with Crippen LogP contribution in [0.4, 0.5) is 0 Å². The normalized spacial score (nSPS) is 15.5. The lowest BCUT2D eigenvalue weighted by molar-refractivity contribution is 0.0553. The molecule has 0 radical (unpaired) electrons. The number of aromatic nitrogens is 2. The first-order chi connectivity index (χ1) is 12.0. The highest BCUT2D eigenvalue weighted by molar-refractivity contribution is 5.97.